The molecule has 32 heavy (non-hydrogen) atoms. The van der Waals surface area contributed by atoms with E-state index in [-0.39, 0.29) is 25.0 Å². The number of hydrazine groups is 1. The number of esters is 1. The van der Waals surface area contributed by atoms with Gasteiger partial charge in [-0.15, -0.1) is 0 Å². The van der Waals surface area contributed by atoms with Crippen molar-refractivity contribution in [2.24, 2.45) is 0 Å². The lowest BCUT2D eigenvalue weighted by molar-refractivity contribution is -0.145. The molecular formula is C23H28N2O7. The van der Waals surface area contributed by atoms with E-state index < -0.39 is 17.8 Å². The van der Waals surface area contributed by atoms with Gasteiger partial charge in [0, 0.05) is 12.0 Å². The average Bonchev–Trinajstić information content (AvgIpc) is 2.83. The Morgan fingerprint density at radius 2 is 1.50 bits per heavy atom. The van der Waals surface area contributed by atoms with E-state index >= 15 is 0 Å². The highest BCUT2D eigenvalue weighted by Gasteiger charge is 2.17. The van der Waals surface area contributed by atoms with Crippen LogP contribution in [0.2, 0.25) is 0 Å². The molecule has 2 N–H and O–H groups in total. The molecule has 0 atom stereocenters. The van der Waals surface area contributed by atoms with Gasteiger partial charge in [-0.2, -0.15) is 0 Å². The van der Waals surface area contributed by atoms with Crippen molar-refractivity contribution >= 4 is 17.8 Å². The smallest absolute Gasteiger partial charge is 0.306 e. The Bertz CT molecular complexity index is 891. The minimum atomic E-state index is -0.582. The predicted octanol–water partition coefficient (Wildman–Crippen LogP) is 2.43. The highest BCUT2D eigenvalue weighted by molar-refractivity contribution is 5.96. The van der Waals surface area contributed by atoms with Crippen LogP contribution in [0.1, 0.15) is 35.2 Å². The molecule has 9 nitrogen and oxygen atoms in total. The molecule has 2 aromatic rings. The molecule has 0 saturated heterocycles. The van der Waals surface area contributed by atoms with E-state index in [1.165, 1.54) is 39.0 Å². The van der Waals surface area contributed by atoms with Gasteiger partial charge < -0.3 is 18.9 Å². The van der Waals surface area contributed by atoms with Crippen LogP contribution in [-0.4, -0.2) is 45.7 Å². The first-order chi connectivity index (χ1) is 15.5. The quantitative estimate of drug-likeness (QED) is 0.311. The normalized spacial score (nSPS) is 10.1. The van der Waals surface area contributed by atoms with Crippen LogP contribution in [0.5, 0.6) is 17.2 Å². The van der Waals surface area contributed by atoms with Gasteiger partial charge in [-0.1, -0.05) is 30.3 Å². The molecule has 0 spiro atoms. The lowest BCUT2D eigenvalue weighted by Gasteiger charge is -2.14. The Morgan fingerprint density at radius 3 is 2.09 bits per heavy atom. The van der Waals surface area contributed by atoms with Gasteiger partial charge in [0.15, 0.2) is 11.5 Å². The third kappa shape index (κ3) is 7.50. The molecule has 0 radical (unpaired) electrons. The zero-order valence-electron chi connectivity index (χ0n) is 18.4. The fraction of sp³-hybridized carbons (Fsp3) is 0.348. The van der Waals surface area contributed by atoms with E-state index in [0.717, 1.165) is 6.42 Å². The second-order valence-electron chi connectivity index (χ2n) is 6.73. The van der Waals surface area contributed by atoms with Gasteiger partial charge in [-0.3, -0.25) is 25.2 Å². The maximum Gasteiger partial charge on any atom is 0.306 e. The number of nitrogens with one attached hydrogen (secondary N) is 2. The highest BCUT2D eigenvalue weighted by Crippen LogP contribution is 2.38. The van der Waals surface area contributed by atoms with E-state index in [1.54, 1.807) is 0 Å². The molecule has 2 aromatic carbocycles. The number of hydrogen-bond donors (Lipinski definition) is 2. The summed E-state index contributed by atoms with van der Waals surface area (Å²) in [4.78, 5) is 36.1. The number of aryl methyl sites for hydroxylation is 1. The number of rotatable bonds is 11. The van der Waals surface area contributed by atoms with Crippen molar-refractivity contribution in [1.29, 1.82) is 0 Å². The van der Waals surface area contributed by atoms with Crippen LogP contribution in [-0.2, 0) is 20.7 Å². The van der Waals surface area contributed by atoms with Crippen molar-refractivity contribution in [3.05, 3.63) is 53.6 Å². The van der Waals surface area contributed by atoms with Gasteiger partial charge in [-0.25, -0.2) is 0 Å². The van der Waals surface area contributed by atoms with Crippen LogP contribution in [0.4, 0.5) is 0 Å². The van der Waals surface area contributed by atoms with Crippen LogP contribution >= 0.6 is 0 Å². The third-order valence-corrected chi connectivity index (χ3v) is 4.51. The fourth-order valence-electron chi connectivity index (χ4n) is 2.87. The summed E-state index contributed by atoms with van der Waals surface area (Å²) in [6.45, 7) is 0.285. The Hall–Kier alpha value is -3.75. The minimum Gasteiger partial charge on any atom is -0.493 e. The number of carbonyl (C=O) groups excluding carboxylic acids is 3. The molecule has 0 aliphatic carbocycles. The highest BCUT2D eigenvalue weighted by atomic mass is 16.5. The summed E-state index contributed by atoms with van der Waals surface area (Å²) < 4.78 is 20.7. The molecular weight excluding hydrogens is 416 g/mol. The van der Waals surface area contributed by atoms with Crippen LogP contribution < -0.4 is 25.1 Å². The van der Waals surface area contributed by atoms with Crippen molar-refractivity contribution in [3.63, 3.8) is 0 Å². The number of ether oxygens (including phenoxy) is 4. The molecule has 0 aliphatic heterocycles. The lowest BCUT2D eigenvalue weighted by Crippen LogP contribution is -2.41. The Kier molecular flexibility index (Phi) is 9.83. The van der Waals surface area contributed by atoms with Crippen molar-refractivity contribution in [2.45, 2.75) is 25.7 Å². The second-order valence-corrected chi connectivity index (χ2v) is 6.73. The summed E-state index contributed by atoms with van der Waals surface area (Å²) in [7, 11) is 4.32. The van der Waals surface area contributed by atoms with Crippen LogP contribution in [0.3, 0.4) is 0 Å². The molecule has 0 aromatic heterocycles. The topological polar surface area (TPSA) is 112 Å². The molecule has 0 saturated carbocycles. The summed E-state index contributed by atoms with van der Waals surface area (Å²) in [6.07, 6.45) is 1.30. The molecule has 172 valence electrons. The van der Waals surface area contributed by atoms with Crippen LogP contribution in [0.25, 0.3) is 0 Å². The molecule has 0 fully saturated rings. The predicted molar refractivity (Wildman–Crippen MR) is 117 cm³/mol. The first-order valence-electron chi connectivity index (χ1n) is 10.1. The van der Waals surface area contributed by atoms with Gasteiger partial charge in [-0.05, 0) is 30.5 Å². The van der Waals surface area contributed by atoms with Crippen molar-refractivity contribution in [1.82, 2.24) is 10.9 Å². The number of amides is 2. The standard InChI is InChI=1S/C23H28N2O7/c1-29-18-14-17(15-19(30-2)22(18)31-3)23(28)25-24-20(26)11-12-21(27)32-13-7-10-16-8-5-4-6-9-16/h4-6,8-9,14-15H,7,10-13H2,1-3H3,(H,24,26)(H,25,28). The van der Waals surface area contributed by atoms with Gasteiger partial charge in [0.25, 0.3) is 5.91 Å². The van der Waals surface area contributed by atoms with Gasteiger partial charge in [0.2, 0.25) is 11.7 Å². The number of methoxy groups -OCH3 is 3. The molecule has 0 bridgehead atoms. The van der Waals surface area contributed by atoms with E-state index in [0.29, 0.717) is 23.7 Å². The van der Waals surface area contributed by atoms with E-state index in [4.69, 9.17) is 18.9 Å². The summed E-state index contributed by atoms with van der Waals surface area (Å²) >= 11 is 0. The fourth-order valence-corrected chi connectivity index (χ4v) is 2.87. The zero-order chi connectivity index (χ0) is 23.3. The van der Waals surface area contributed by atoms with Gasteiger partial charge in [0.1, 0.15) is 0 Å². The monoisotopic (exact) mass is 444 g/mol. The molecule has 0 unspecified atom stereocenters. The minimum absolute atomic E-state index is 0.0861. The Labute approximate surface area is 187 Å². The average molecular weight is 444 g/mol. The number of hydrogen-bond acceptors (Lipinski definition) is 7. The molecule has 0 aliphatic rings. The van der Waals surface area contributed by atoms with Crippen molar-refractivity contribution in [2.75, 3.05) is 27.9 Å². The number of carbonyl (C=O) groups is 3. The van der Waals surface area contributed by atoms with E-state index in [1.807, 2.05) is 30.3 Å². The van der Waals surface area contributed by atoms with Crippen molar-refractivity contribution in [3.8, 4) is 17.2 Å². The maximum atomic E-state index is 12.3. The first kappa shape index (κ1) is 24.5. The summed E-state index contributed by atoms with van der Waals surface area (Å²) in [6, 6.07) is 12.8. The summed E-state index contributed by atoms with van der Waals surface area (Å²) in [5, 5.41) is 0. The van der Waals surface area contributed by atoms with Crippen molar-refractivity contribution < 1.29 is 33.3 Å². The number of benzene rings is 2. The van der Waals surface area contributed by atoms with Crippen LogP contribution in [0.15, 0.2) is 42.5 Å². The van der Waals surface area contributed by atoms with E-state index in [9.17, 15) is 14.4 Å². The largest absolute Gasteiger partial charge is 0.493 e. The second kappa shape index (κ2) is 12.8. The van der Waals surface area contributed by atoms with E-state index in [2.05, 4.69) is 10.9 Å². The maximum absolute atomic E-state index is 12.3. The Balaban J connectivity index is 1.72. The molecule has 2 rings (SSSR count). The first-order valence-corrected chi connectivity index (χ1v) is 10.1. The molecule has 9 heteroatoms. The molecule has 2 amide bonds. The summed E-state index contributed by atoms with van der Waals surface area (Å²) in [5.41, 5.74) is 5.92. The van der Waals surface area contributed by atoms with Gasteiger partial charge in [0.05, 0.1) is 34.4 Å². The van der Waals surface area contributed by atoms with Crippen LogP contribution in [0, 0.1) is 0 Å². The molecule has 0 heterocycles. The third-order valence-electron chi connectivity index (χ3n) is 4.51. The Morgan fingerprint density at radius 1 is 0.844 bits per heavy atom. The lowest BCUT2D eigenvalue weighted by atomic mass is 10.1. The van der Waals surface area contributed by atoms with Gasteiger partial charge >= 0.3 is 5.97 Å². The summed E-state index contributed by atoms with van der Waals surface area (Å²) in [5.74, 6) is -0.619. The zero-order valence-corrected chi connectivity index (χ0v) is 18.4. The SMILES string of the molecule is COc1cc(C(=O)NNC(=O)CCC(=O)OCCCc2ccccc2)cc(OC)c1OC.